The van der Waals surface area contributed by atoms with Crippen LogP contribution in [0.1, 0.15) is 20.8 Å². The molecule has 0 amide bonds. The van der Waals surface area contributed by atoms with Crippen LogP contribution in [0.5, 0.6) is 0 Å². The summed E-state index contributed by atoms with van der Waals surface area (Å²) in [5.74, 6) is -0.754. The molecule has 1 aromatic heterocycles. The van der Waals surface area contributed by atoms with Crippen LogP contribution in [0.3, 0.4) is 0 Å². The Hall–Kier alpha value is -2.88. The number of carbonyl (C=O) groups excluding carboxylic acids is 1. The van der Waals surface area contributed by atoms with E-state index >= 15 is 0 Å². The zero-order chi connectivity index (χ0) is 21.4. The van der Waals surface area contributed by atoms with Crippen LogP contribution < -0.4 is 0 Å². The lowest BCUT2D eigenvalue weighted by Gasteiger charge is -2.07. The first-order valence-corrected chi connectivity index (χ1v) is 8.77. The van der Waals surface area contributed by atoms with Crippen molar-refractivity contribution in [3.63, 3.8) is 0 Å². The molecule has 3 rings (SSSR count). The Bertz CT molecular complexity index is 1020. The van der Waals surface area contributed by atoms with E-state index in [1.54, 1.807) is 0 Å². The number of ether oxygens (including phenoxy) is 1. The van der Waals surface area contributed by atoms with Gasteiger partial charge in [-0.15, -0.1) is 11.3 Å². The molecule has 2 aromatic carbocycles. The van der Waals surface area contributed by atoms with Crippen LogP contribution in [-0.2, 0) is 17.1 Å². The van der Waals surface area contributed by atoms with Crippen LogP contribution in [0.25, 0.3) is 21.8 Å². The third-order valence-corrected chi connectivity index (χ3v) is 5.03. The van der Waals surface area contributed by atoms with Crippen LogP contribution >= 0.6 is 11.3 Å². The molecule has 152 valence electrons. The van der Waals surface area contributed by atoms with Gasteiger partial charge in [-0.25, -0.2) is 9.78 Å². The minimum Gasteiger partial charge on any atom is -0.465 e. The Morgan fingerprint density at radius 3 is 1.69 bits per heavy atom. The van der Waals surface area contributed by atoms with Crippen molar-refractivity contribution in [1.29, 1.82) is 0 Å². The van der Waals surface area contributed by atoms with E-state index in [-0.39, 0.29) is 21.1 Å². The summed E-state index contributed by atoms with van der Waals surface area (Å²) in [5, 5.41) is 0.231. The zero-order valence-corrected chi connectivity index (χ0v) is 15.4. The summed E-state index contributed by atoms with van der Waals surface area (Å²) in [5.41, 5.74) is -1.04. The molecule has 0 aliphatic rings. The largest absolute Gasteiger partial charge is 0.465 e. The molecule has 3 aromatic rings. The van der Waals surface area contributed by atoms with E-state index in [0.717, 1.165) is 42.7 Å². The number of aromatic nitrogens is 1. The minimum absolute atomic E-state index is 0.0298. The number of halogens is 6. The van der Waals surface area contributed by atoms with Gasteiger partial charge in [-0.2, -0.15) is 26.3 Å². The molecule has 10 heteroatoms. The number of carbonyl (C=O) groups is 1. The van der Waals surface area contributed by atoms with Crippen molar-refractivity contribution in [3.8, 4) is 21.8 Å². The summed E-state index contributed by atoms with van der Waals surface area (Å²) in [4.78, 5) is 16.4. The number of rotatable bonds is 3. The van der Waals surface area contributed by atoms with Gasteiger partial charge in [-0.1, -0.05) is 24.3 Å². The van der Waals surface area contributed by atoms with E-state index in [0.29, 0.717) is 5.56 Å². The Morgan fingerprint density at radius 2 is 1.28 bits per heavy atom. The van der Waals surface area contributed by atoms with E-state index in [9.17, 15) is 31.1 Å². The van der Waals surface area contributed by atoms with Gasteiger partial charge in [0.2, 0.25) is 0 Å². The zero-order valence-electron chi connectivity index (χ0n) is 14.6. The molecule has 0 aliphatic heterocycles. The number of hydrogen-bond donors (Lipinski definition) is 0. The van der Waals surface area contributed by atoms with Crippen molar-refractivity contribution in [2.24, 2.45) is 0 Å². The fraction of sp³-hybridized carbons (Fsp3) is 0.158. The first kappa shape index (κ1) is 20.8. The summed E-state index contributed by atoms with van der Waals surface area (Å²) in [7, 11) is 1.14. The molecule has 0 saturated heterocycles. The van der Waals surface area contributed by atoms with Crippen LogP contribution in [-0.4, -0.2) is 18.1 Å². The van der Waals surface area contributed by atoms with Gasteiger partial charge in [-0.3, -0.25) is 0 Å². The molecule has 0 aliphatic carbocycles. The van der Waals surface area contributed by atoms with Gasteiger partial charge in [0.25, 0.3) is 0 Å². The standard InChI is InChI=1S/C19H11F6NO2S/c1-28-17(27)15-14(10-2-6-12(7-3-10)18(20,21)22)26-16(29-15)11-4-8-13(9-5-11)19(23,24)25/h2-9H,1H3. The maximum Gasteiger partial charge on any atom is 0.416 e. The predicted octanol–water partition coefficient (Wildman–Crippen LogP) is 6.30. The summed E-state index contributed by atoms with van der Waals surface area (Å²) in [6.07, 6.45) is -9.01. The average molecular weight is 431 g/mol. The molecule has 0 bridgehead atoms. The Morgan fingerprint density at radius 1 is 0.828 bits per heavy atom. The van der Waals surface area contributed by atoms with E-state index in [1.807, 2.05) is 0 Å². The topological polar surface area (TPSA) is 39.2 Å². The van der Waals surface area contributed by atoms with E-state index in [4.69, 9.17) is 4.74 Å². The second-order valence-corrected chi connectivity index (χ2v) is 6.84. The van der Waals surface area contributed by atoms with Crippen molar-refractivity contribution < 1.29 is 35.9 Å². The summed E-state index contributed by atoms with van der Waals surface area (Å²) in [6.45, 7) is 0. The molecule has 0 atom stereocenters. The van der Waals surface area contributed by atoms with Crippen molar-refractivity contribution in [2.75, 3.05) is 7.11 Å². The van der Waals surface area contributed by atoms with Gasteiger partial charge in [0.1, 0.15) is 9.88 Å². The molecule has 0 unspecified atom stereocenters. The van der Waals surface area contributed by atoms with E-state index in [1.165, 1.54) is 24.3 Å². The molecule has 0 spiro atoms. The quantitative estimate of drug-likeness (QED) is 0.361. The van der Waals surface area contributed by atoms with Gasteiger partial charge in [0, 0.05) is 11.1 Å². The highest BCUT2D eigenvalue weighted by Gasteiger charge is 2.31. The highest BCUT2D eigenvalue weighted by molar-refractivity contribution is 7.17. The normalized spacial score (nSPS) is 12.1. The Labute approximate surface area is 164 Å². The lowest BCUT2D eigenvalue weighted by Crippen LogP contribution is -2.04. The average Bonchev–Trinajstić information content (AvgIpc) is 3.11. The maximum atomic E-state index is 12.8. The second-order valence-electron chi connectivity index (χ2n) is 5.84. The lowest BCUT2D eigenvalue weighted by atomic mass is 10.1. The summed E-state index contributed by atoms with van der Waals surface area (Å²) in [6, 6.07) is 8.22. The van der Waals surface area contributed by atoms with Crippen molar-refractivity contribution >= 4 is 17.3 Å². The number of alkyl halides is 6. The van der Waals surface area contributed by atoms with Crippen molar-refractivity contribution in [1.82, 2.24) is 4.98 Å². The van der Waals surface area contributed by atoms with Crippen molar-refractivity contribution in [3.05, 3.63) is 64.5 Å². The highest BCUT2D eigenvalue weighted by atomic mass is 32.1. The third-order valence-electron chi connectivity index (χ3n) is 3.94. The van der Waals surface area contributed by atoms with Gasteiger partial charge in [-0.05, 0) is 24.3 Å². The number of hydrogen-bond acceptors (Lipinski definition) is 4. The highest BCUT2D eigenvalue weighted by Crippen LogP contribution is 2.37. The number of benzene rings is 2. The summed E-state index contributed by atoms with van der Waals surface area (Å²) >= 11 is 0.874. The fourth-order valence-electron chi connectivity index (χ4n) is 2.49. The third kappa shape index (κ3) is 4.42. The SMILES string of the molecule is COC(=O)c1sc(-c2ccc(C(F)(F)F)cc2)nc1-c1ccc(C(F)(F)F)cc1. The van der Waals surface area contributed by atoms with E-state index < -0.39 is 29.4 Å². The van der Waals surface area contributed by atoms with Crippen molar-refractivity contribution in [2.45, 2.75) is 12.4 Å². The van der Waals surface area contributed by atoms with Crippen LogP contribution in [0, 0.1) is 0 Å². The molecule has 0 N–H and O–H groups in total. The second kappa shape index (κ2) is 7.51. The molecule has 29 heavy (non-hydrogen) atoms. The lowest BCUT2D eigenvalue weighted by molar-refractivity contribution is -0.138. The first-order valence-electron chi connectivity index (χ1n) is 7.95. The van der Waals surface area contributed by atoms with Gasteiger partial charge in [0.05, 0.1) is 23.9 Å². The molecule has 3 nitrogen and oxygen atoms in total. The van der Waals surface area contributed by atoms with Gasteiger partial charge >= 0.3 is 18.3 Å². The van der Waals surface area contributed by atoms with Crippen LogP contribution in [0.15, 0.2) is 48.5 Å². The number of methoxy groups -OCH3 is 1. The Kier molecular flexibility index (Phi) is 5.40. The fourth-order valence-corrected chi connectivity index (χ4v) is 3.50. The summed E-state index contributed by atoms with van der Waals surface area (Å²) < 4.78 is 81.1. The molecule has 0 saturated carbocycles. The molecule has 0 radical (unpaired) electrons. The van der Waals surface area contributed by atoms with E-state index in [2.05, 4.69) is 4.98 Å². The maximum absolute atomic E-state index is 12.8. The number of esters is 1. The van der Waals surface area contributed by atoms with Gasteiger partial charge in [0.15, 0.2) is 0 Å². The molecule has 1 heterocycles. The number of thiazole rings is 1. The molecular formula is C19H11F6NO2S. The predicted molar refractivity (Wildman–Crippen MR) is 94.3 cm³/mol. The first-order chi connectivity index (χ1) is 13.5. The van der Waals surface area contributed by atoms with Crippen LogP contribution in [0.2, 0.25) is 0 Å². The smallest absolute Gasteiger partial charge is 0.416 e. The minimum atomic E-state index is -4.52. The number of nitrogens with zero attached hydrogens (tertiary/aromatic N) is 1. The Balaban J connectivity index is 2.04. The molecular weight excluding hydrogens is 420 g/mol. The van der Waals surface area contributed by atoms with Gasteiger partial charge < -0.3 is 4.74 Å². The monoisotopic (exact) mass is 431 g/mol. The van der Waals surface area contributed by atoms with Crippen LogP contribution in [0.4, 0.5) is 26.3 Å². The molecule has 0 fully saturated rings.